The number of hydrogen-bond acceptors (Lipinski definition) is 6. The molecule has 102 valence electrons. The third-order valence-electron chi connectivity index (χ3n) is 2.92. The van der Waals surface area contributed by atoms with Crippen molar-refractivity contribution in [3.8, 4) is 0 Å². The van der Waals surface area contributed by atoms with Gasteiger partial charge in [0.1, 0.15) is 12.1 Å². The molecule has 2 aromatic heterocycles. The van der Waals surface area contributed by atoms with E-state index >= 15 is 0 Å². The van der Waals surface area contributed by atoms with Gasteiger partial charge in [-0.25, -0.2) is 14.6 Å². The van der Waals surface area contributed by atoms with Crippen LogP contribution >= 0.6 is 0 Å². The van der Waals surface area contributed by atoms with Gasteiger partial charge in [-0.3, -0.25) is 0 Å². The Morgan fingerprint density at radius 2 is 2.00 bits per heavy atom. The molecule has 2 heterocycles. The van der Waals surface area contributed by atoms with Crippen LogP contribution < -0.4 is 11.1 Å². The van der Waals surface area contributed by atoms with Gasteiger partial charge in [0.2, 0.25) is 0 Å². The number of aliphatic hydroxyl groups is 1. The van der Waals surface area contributed by atoms with Crippen molar-refractivity contribution < 1.29 is 5.11 Å². The van der Waals surface area contributed by atoms with Crippen molar-refractivity contribution in [2.24, 2.45) is 0 Å². The highest BCUT2D eigenvalue weighted by atomic mass is 16.3. The minimum absolute atomic E-state index is 0.0154. The van der Waals surface area contributed by atoms with Crippen molar-refractivity contribution in [3.63, 3.8) is 0 Å². The van der Waals surface area contributed by atoms with Crippen molar-refractivity contribution in [2.75, 3.05) is 17.7 Å². The fraction of sp³-hybridized carbons (Fsp3) is 0.154. The predicted octanol–water partition coefficient (Wildman–Crippen LogP) is 1.14. The first-order valence-electron chi connectivity index (χ1n) is 6.18. The molecule has 0 fully saturated rings. The molecule has 0 spiro atoms. The molecular weight excluding hydrogens is 256 g/mol. The van der Waals surface area contributed by atoms with Gasteiger partial charge in [-0.1, -0.05) is 0 Å². The van der Waals surface area contributed by atoms with E-state index in [9.17, 15) is 0 Å². The molecule has 0 bridgehead atoms. The number of aliphatic hydroxyl groups excluding tert-OH is 1. The molecule has 0 aliphatic heterocycles. The summed E-state index contributed by atoms with van der Waals surface area (Å²) in [6.45, 7) is 0.420. The fourth-order valence-corrected chi connectivity index (χ4v) is 1.95. The number of benzene rings is 1. The predicted molar refractivity (Wildman–Crippen MR) is 76.5 cm³/mol. The van der Waals surface area contributed by atoms with Gasteiger partial charge in [-0.2, -0.15) is 5.10 Å². The maximum Gasteiger partial charge on any atom is 0.163 e. The average molecular weight is 270 g/mol. The second-order valence-corrected chi connectivity index (χ2v) is 4.30. The minimum Gasteiger partial charge on any atom is -0.399 e. The van der Waals surface area contributed by atoms with Crippen molar-refractivity contribution in [1.82, 2.24) is 19.7 Å². The Bertz CT molecular complexity index is 721. The topological polar surface area (TPSA) is 102 Å². The number of nitrogens with one attached hydrogen (secondary N) is 1. The first kappa shape index (κ1) is 12.4. The Balaban J connectivity index is 1.97. The smallest absolute Gasteiger partial charge is 0.163 e. The lowest BCUT2D eigenvalue weighted by atomic mass is 10.3. The van der Waals surface area contributed by atoms with Crippen molar-refractivity contribution in [3.05, 3.63) is 36.8 Å². The number of anilines is 3. The van der Waals surface area contributed by atoms with Gasteiger partial charge in [-0.15, -0.1) is 0 Å². The SMILES string of the molecule is Nc1ccc(Nc2ncnc3c2cnn3CCO)cc1. The maximum absolute atomic E-state index is 9.00. The molecule has 3 rings (SSSR count). The van der Waals surface area contributed by atoms with Crippen LogP contribution in [0.4, 0.5) is 17.2 Å². The van der Waals surface area contributed by atoms with Crippen LogP contribution in [0, 0.1) is 0 Å². The number of nitrogens with zero attached hydrogens (tertiary/aromatic N) is 4. The van der Waals surface area contributed by atoms with Crippen LogP contribution in [0.1, 0.15) is 0 Å². The van der Waals surface area contributed by atoms with Gasteiger partial charge < -0.3 is 16.2 Å². The Hall–Kier alpha value is -2.67. The first-order chi connectivity index (χ1) is 9.78. The van der Waals surface area contributed by atoms with Gasteiger partial charge in [-0.05, 0) is 24.3 Å². The summed E-state index contributed by atoms with van der Waals surface area (Å²) in [7, 11) is 0. The molecule has 7 heteroatoms. The van der Waals surface area contributed by atoms with Crippen molar-refractivity contribution >= 4 is 28.2 Å². The number of nitrogens with two attached hydrogens (primary N) is 1. The summed E-state index contributed by atoms with van der Waals surface area (Å²) >= 11 is 0. The summed E-state index contributed by atoms with van der Waals surface area (Å²) in [5.74, 6) is 0.670. The number of hydrogen-bond donors (Lipinski definition) is 3. The summed E-state index contributed by atoms with van der Waals surface area (Å²) in [4.78, 5) is 8.42. The number of rotatable bonds is 4. The van der Waals surface area contributed by atoms with Gasteiger partial charge in [0.15, 0.2) is 5.65 Å². The zero-order chi connectivity index (χ0) is 13.9. The van der Waals surface area contributed by atoms with Crippen LogP contribution in [0.3, 0.4) is 0 Å². The molecule has 3 aromatic rings. The Morgan fingerprint density at radius 1 is 1.20 bits per heavy atom. The molecule has 0 saturated carbocycles. The first-order valence-corrected chi connectivity index (χ1v) is 6.18. The van der Waals surface area contributed by atoms with Crippen molar-refractivity contribution in [2.45, 2.75) is 6.54 Å². The highest BCUT2D eigenvalue weighted by Gasteiger charge is 2.09. The Morgan fingerprint density at radius 3 is 2.75 bits per heavy atom. The molecule has 7 nitrogen and oxygen atoms in total. The van der Waals surface area contributed by atoms with Crippen LogP contribution in [-0.2, 0) is 6.54 Å². The third kappa shape index (κ3) is 2.26. The number of aromatic nitrogens is 4. The molecule has 0 atom stereocenters. The minimum atomic E-state index is 0.0154. The summed E-state index contributed by atoms with van der Waals surface area (Å²) < 4.78 is 1.64. The fourth-order valence-electron chi connectivity index (χ4n) is 1.95. The largest absolute Gasteiger partial charge is 0.399 e. The molecule has 0 saturated heterocycles. The van der Waals surface area contributed by atoms with Crippen LogP contribution in [0.5, 0.6) is 0 Å². The molecule has 20 heavy (non-hydrogen) atoms. The second-order valence-electron chi connectivity index (χ2n) is 4.30. The number of nitrogen functional groups attached to an aromatic ring is 1. The summed E-state index contributed by atoms with van der Waals surface area (Å²) in [5.41, 5.74) is 7.93. The van der Waals surface area contributed by atoms with Crippen LogP contribution in [-0.4, -0.2) is 31.5 Å². The van der Waals surface area contributed by atoms with Crippen molar-refractivity contribution in [1.29, 1.82) is 0 Å². The number of fused-ring (bicyclic) bond motifs is 1. The lowest BCUT2D eigenvalue weighted by molar-refractivity contribution is 0.271. The van der Waals surface area contributed by atoms with Crippen LogP contribution in [0.25, 0.3) is 11.0 Å². The molecule has 0 aliphatic carbocycles. The lowest BCUT2D eigenvalue weighted by Crippen LogP contribution is -2.04. The van der Waals surface area contributed by atoms with E-state index in [1.54, 1.807) is 10.9 Å². The molecular formula is C13H14N6O. The van der Waals surface area contributed by atoms with Gasteiger partial charge in [0.25, 0.3) is 0 Å². The normalized spacial score (nSPS) is 10.8. The maximum atomic E-state index is 9.00. The quantitative estimate of drug-likeness (QED) is 0.614. The highest BCUT2D eigenvalue weighted by Crippen LogP contribution is 2.23. The van der Waals surface area contributed by atoms with E-state index in [0.717, 1.165) is 11.1 Å². The van der Waals surface area contributed by atoms with E-state index in [1.807, 2.05) is 24.3 Å². The summed E-state index contributed by atoms with van der Waals surface area (Å²) in [6, 6.07) is 7.38. The van der Waals surface area contributed by atoms with E-state index in [2.05, 4.69) is 20.4 Å². The average Bonchev–Trinajstić information content (AvgIpc) is 2.86. The van der Waals surface area contributed by atoms with Gasteiger partial charge in [0.05, 0.1) is 24.7 Å². The van der Waals surface area contributed by atoms with Crippen LogP contribution in [0.2, 0.25) is 0 Å². The van der Waals surface area contributed by atoms with Crippen LogP contribution in [0.15, 0.2) is 36.8 Å². The molecule has 0 unspecified atom stereocenters. The molecule has 4 N–H and O–H groups in total. The highest BCUT2D eigenvalue weighted by molar-refractivity contribution is 5.88. The summed E-state index contributed by atoms with van der Waals surface area (Å²) in [6.07, 6.45) is 3.15. The summed E-state index contributed by atoms with van der Waals surface area (Å²) in [5, 5.41) is 17.2. The second kappa shape index (κ2) is 5.14. The lowest BCUT2D eigenvalue weighted by Gasteiger charge is -2.06. The Labute approximate surface area is 115 Å². The molecule has 0 amide bonds. The zero-order valence-electron chi connectivity index (χ0n) is 10.7. The van der Waals surface area contributed by atoms with E-state index in [-0.39, 0.29) is 6.61 Å². The van der Waals surface area contributed by atoms with Gasteiger partial charge in [0, 0.05) is 11.4 Å². The molecule has 0 aliphatic rings. The van der Waals surface area contributed by atoms with Gasteiger partial charge >= 0.3 is 0 Å². The monoisotopic (exact) mass is 270 g/mol. The zero-order valence-corrected chi connectivity index (χ0v) is 10.7. The van der Waals surface area contributed by atoms with E-state index in [1.165, 1.54) is 6.33 Å². The van der Waals surface area contributed by atoms with E-state index in [0.29, 0.717) is 23.7 Å². The molecule has 1 aromatic carbocycles. The third-order valence-corrected chi connectivity index (χ3v) is 2.92. The Kier molecular flexibility index (Phi) is 3.18. The molecule has 0 radical (unpaired) electrons. The standard InChI is InChI=1S/C13H14N6O/c14-9-1-3-10(4-2-9)18-12-11-7-17-19(5-6-20)13(11)16-8-15-12/h1-4,7-8,20H,5-6,14H2,(H,15,16,18). The van der Waals surface area contributed by atoms with E-state index in [4.69, 9.17) is 10.8 Å². The van der Waals surface area contributed by atoms with E-state index < -0.39 is 0 Å².